The van der Waals surface area contributed by atoms with Crippen molar-refractivity contribution in [1.29, 1.82) is 0 Å². The molecule has 1 aromatic rings. The summed E-state index contributed by atoms with van der Waals surface area (Å²) in [6.07, 6.45) is 3.28. The number of likely N-dealkylation sites (tertiary alicyclic amines) is 1. The van der Waals surface area contributed by atoms with Gasteiger partial charge in [-0.1, -0.05) is 0 Å². The first-order valence-electron chi connectivity index (χ1n) is 11.3. The number of amides is 4. The van der Waals surface area contributed by atoms with E-state index in [0.717, 1.165) is 0 Å². The molecule has 12 nitrogen and oxygen atoms in total. The van der Waals surface area contributed by atoms with Crippen LogP contribution in [0.15, 0.2) is 24.3 Å². The van der Waals surface area contributed by atoms with E-state index in [2.05, 4.69) is 16.0 Å². The quantitative estimate of drug-likeness (QED) is 0.248. The van der Waals surface area contributed by atoms with Crippen LogP contribution in [0.3, 0.4) is 0 Å². The molecule has 1 aliphatic rings. The fourth-order valence-corrected chi connectivity index (χ4v) is 4.10. The van der Waals surface area contributed by atoms with E-state index in [-0.39, 0.29) is 5.69 Å². The lowest BCUT2D eigenvalue weighted by molar-refractivity contribution is -0.384. The van der Waals surface area contributed by atoms with Gasteiger partial charge in [0.05, 0.1) is 11.0 Å². The molecule has 0 saturated carbocycles. The van der Waals surface area contributed by atoms with E-state index in [1.54, 1.807) is 0 Å². The fraction of sp³-hybridized carbons (Fsp3) is 0.545. The number of benzene rings is 1. The Morgan fingerprint density at radius 3 is 2.40 bits per heavy atom. The average Bonchev–Trinajstić information content (AvgIpc) is 3.31. The van der Waals surface area contributed by atoms with Crippen LogP contribution in [-0.4, -0.2) is 76.2 Å². The molecule has 1 aliphatic heterocycles. The summed E-state index contributed by atoms with van der Waals surface area (Å²) in [6.45, 7) is 3.41. The Morgan fingerprint density at radius 1 is 1.17 bits per heavy atom. The van der Waals surface area contributed by atoms with E-state index in [1.165, 1.54) is 54.8 Å². The Morgan fingerprint density at radius 2 is 1.83 bits per heavy atom. The number of hydrogen-bond donors (Lipinski definition) is 4. The molecule has 1 aromatic carbocycles. The lowest BCUT2D eigenvalue weighted by Gasteiger charge is -2.28. The van der Waals surface area contributed by atoms with Gasteiger partial charge in [-0.3, -0.25) is 29.3 Å². The molecular weight excluding hydrogens is 476 g/mol. The van der Waals surface area contributed by atoms with Crippen LogP contribution in [0.2, 0.25) is 0 Å². The first kappa shape index (κ1) is 28.1. The summed E-state index contributed by atoms with van der Waals surface area (Å²) in [4.78, 5) is 62.4. The van der Waals surface area contributed by atoms with Gasteiger partial charge in [-0.2, -0.15) is 11.8 Å². The molecular formula is C22H32N6O6S. The zero-order chi connectivity index (χ0) is 26.1. The summed E-state index contributed by atoms with van der Waals surface area (Å²) >= 11 is 1.51. The highest BCUT2D eigenvalue weighted by atomic mass is 32.2. The fourth-order valence-electron chi connectivity index (χ4n) is 3.63. The van der Waals surface area contributed by atoms with Crippen LogP contribution in [0, 0.1) is 10.1 Å². The molecule has 2 rings (SSSR count). The zero-order valence-corrected chi connectivity index (χ0v) is 20.8. The van der Waals surface area contributed by atoms with Gasteiger partial charge in [-0.15, -0.1) is 0 Å². The number of carbonyl (C=O) groups excluding carboxylic acids is 4. The number of nitrogens with zero attached hydrogens (tertiary/aromatic N) is 2. The average molecular weight is 509 g/mol. The summed E-state index contributed by atoms with van der Waals surface area (Å²) in [5.41, 5.74) is 5.80. The number of rotatable bonds is 11. The van der Waals surface area contributed by atoms with Crippen LogP contribution in [0.4, 0.5) is 11.4 Å². The van der Waals surface area contributed by atoms with Crippen LogP contribution >= 0.6 is 11.8 Å². The van der Waals surface area contributed by atoms with Crippen molar-refractivity contribution in [1.82, 2.24) is 15.5 Å². The van der Waals surface area contributed by atoms with Gasteiger partial charge < -0.3 is 26.6 Å². The van der Waals surface area contributed by atoms with Crippen molar-refractivity contribution in [2.75, 3.05) is 23.9 Å². The number of nitro benzene ring substituents is 1. The topological polar surface area (TPSA) is 177 Å². The van der Waals surface area contributed by atoms with Gasteiger partial charge >= 0.3 is 0 Å². The molecule has 35 heavy (non-hydrogen) atoms. The molecule has 4 atom stereocenters. The second-order valence-corrected chi connectivity index (χ2v) is 9.33. The predicted octanol–water partition coefficient (Wildman–Crippen LogP) is 0.614. The highest BCUT2D eigenvalue weighted by Gasteiger charge is 2.37. The second kappa shape index (κ2) is 13.0. The SMILES string of the molecule is CSCC[C@H](NC(=O)[C@@H]1CCCN1C(=O)[C@H](C)NC(=O)[C@H](C)N)C(=O)Nc1ccc([N+](=O)[O-])cc1. The molecule has 13 heteroatoms. The van der Waals surface area contributed by atoms with Crippen LogP contribution in [0.25, 0.3) is 0 Å². The number of anilines is 1. The molecule has 1 saturated heterocycles. The lowest BCUT2D eigenvalue weighted by Crippen LogP contribution is -2.56. The summed E-state index contributed by atoms with van der Waals surface area (Å²) < 4.78 is 0. The molecule has 0 unspecified atom stereocenters. The Balaban J connectivity index is 2.06. The maximum absolute atomic E-state index is 13.1. The van der Waals surface area contributed by atoms with E-state index in [4.69, 9.17) is 5.73 Å². The largest absolute Gasteiger partial charge is 0.343 e. The number of nitrogens with one attached hydrogen (secondary N) is 3. The third-order valence-electron chi connectivity index (χ3n) is 5.57. The monoisotopic (exact) mass is 508 g/mol. The molecule has 5 N–H and O–H groups in total. The van der Waals surface area contributed by atoms with Crippen molar-refractivity contribution < 1.29 is 24.1 Å². The van der Waals surface area contributed by atoms with Gasteiger partial charge in [-0.05, 0) is 57.3 Å². The smallest absolute Gasteiger partial charge is 0.269 e. The van der Waals surface area contributed by atoms with E-state index in [1.807, 2.05) is 6.26 Å². The molecule has 0 aromatic heterocycles. The maximum atomic E-state index is 13.1. The molecule has 192 valence electrons. The standard InChI is InChI=1S/C22H32N6O6S/c1-13(23)19(29)24-14(2)22(32)27-11-4-5-18(27)21(31)26-17(10-12-35-3)20(30)25-15-6-8-16(9-7-15)28(33)34/h6-9,13-14,17-18H,4-5,10-12,23H2,1-3H3,(H,24,29)(H,25,30)(H,26,31)/t13-,14-,17-,18-/m0/s1. The first-order valence-corrected chi connectivity index (χ1v) is 12.7. The molecule has 0 bridgehead atoms. The van der Waals surface area contributed by atoms with Gasteiger partial charge in [0.1, 0.15) is 18.1 Å². The van der Waals surface area contributed by atoms with E-state index in [9.17, 15) is 29.3 Å². The van der Waals surface area contributed by atoms with Crippen molar-refractivity contribution >= 4 is 46.8 Å². The molecule has 0 aliphatic carbocycles. The Labute approximate surface area is 207 Å². The van der Waals surface area contributed by atoms with Gasteiger partial charge in [0, 0.05) is 24.4 Å². The third-order valence-corrected chi connectivity index (χ3v) is 6.21. The Kier molecular flexibility index (Phi) is 10.5. The van der Waals surface area contributed by atoms with Crippen molar-refractivity contribution in [3.8, 4) is 0 Å². The highest BCUT2D eigenvalue weighted by Crippen LogP contribution is 2.20. The molecule has 1 heterocycles. The minimum absolute atomic E-state index is 0.104. The zero-order valence-electron chi connectivity index (χ0n) is 20.0. The highest BCUT2D eigenvalue weighted by molar-refractivity contribution is 7.98. The van der Waals surface area contributed by atoms with Gasteiger partial charge in [0.15, 0.2) is 0 Å². The predicted molar refractivity (Wildman–Crippen MR) is 133 cm³/mol. The second-order valence-electron chi connectivity index (χ2n) is 8.34. The van der Waals surface area contributed by atoms with E-state index >= 15 is 0 Å². The van der Waals surface area contributed by atoms with Crippen LogP contribution in [0.1, 0.15) is 33.1 Å². The number of hydrogen-bond acceptors (Lipinski definition) is 8. The summed E-state index contributed by atoms with van der Waals surface area (Å²) in [5.74, 6) is -1.17. The number of nitrogens with two attached hydrogens (primary N) is 1. The van der Waals surface area contributed by atoms with Gasteiger partial charge in [0.2, 0.25) is 23.6 Å². The van der Waals surface area contributed by atoms with E-state index < -0.39 is 52.7 Å². The minimum Gasteiger partial charge on any atom is -0.343 e. The Bertz CT molecular complexity index is 941. The van der Waals surface area contributed by atoms with Crippen molar-refractivity contribution in [3.05, 3.63) is 34.4 Å². The molecule has 0 spiro atoms. The van der Waals surface area contributed by atoms with Crippen molar-refractivity contribution in [2.24, 2.45) is 5.73 Å². The summed E-state index contributed by atoms with van der Waals surface area (Å²) in [7, 11) is 0. The molecule has 4 amide bonds. The third kappa shape index (κ3) is 7.92. The van der Waals surface area contributed by atoms with Gasteiger partial charge in [0.25, 0.3) is 5.69 Å². The van der Waals surface area contributed by atoms with E-state index in [0.29, 0.717) is 37.2 Å². The normalized spacial score (nSPS) is 17.7. The van der Waals surface area contributed by atoms with Crippen LogP contribution < -0.4 is 21.7 Å². The molecule has 1 fully saturated rings. The van der Waals surface area contributed by atoms with Gasteiger partial charge in [-0.25, -0.2) is 0 Å². The number of nitro groups is 1. The maximum Gasteiger partial charge on any atom is 0.269 e. The van der Waals surface area contributed by atoms with Crippen LogP contribution in [0.5, 0.6) is 0 Å². The van der Waals surface area contributed by atoms with Crippen molar-refractivity contribution in [2.45, 2.75) is 57.3 Å². The summed E-state index contributed by atoms with van der Waals surface area (Å²) in [6, 6.07) is 2.14. The number of thioether (sulfide) groups is 1. The van der Waals surface area contributed by atoms with Crippen LogP contribution in [-0.2, 0) is 19.2 Å². The lowest BCUT2D eigenvalue weighted by atomic mass is 10.1. The number of non-ortho nitro benzene ring substituents is 1. The first-order chi connectivity index (χ1) is 16.5. The van der Waals surface area contributed by atoms with Crippen molar-refractivity contribution in [3.63, 3.8) is 0 Å². The Hall–Kier alpha value is -3.19. The number of carbonyl (C=O) groups is 4. The summed E-state index contributed by atoms with van der Waals surface area (Å²) in [5, 5.41) is 18.8. The minimum atomic E-state index is -0.863. The molecule has 0 radical (unpaired) electrons.